The number of nitrogens with one attached hydrogen (secondary N) is 2. The predicted octanol–water partition coefficient (Wildman–Crippen LogP) is 2.74. The van der Waals surface area contributed by atoms with Gasteiger partial charge in [0.15, 0.2) is 5.13 Å². The van der Waals surface area contributed by atoms with Gasteiger partial charge in [-0.25, -0.2) is 4.98 Å². The zero-order valence-electron chi connectivity index (χ0n) is 12.6. The Labute approximate surface area is 132 Å². The number of anilines is 2. The Bertz CT molecular complexity index is 660. The molecule has 0 saturated carbocycles. The first-order chi connectivity index (χ1) is 10.5. The molecule has 0 spiro atoms. The highest BCUT2D eigenvalue weighted by Crippen LogP contribution is 2.21. The topological polar surface area (TPSA) is 80.3 Å². The van der Waals surface area contributed by atoms with Gasteiger partial charge in [0.1, 0.15) is 5.75 Å². The first-order valence-electron chi connectivity index (χ1n) is 6.78. The molecule has 1 aromatic carbocycles. The molecule has 0 radical (unpaired) electrons. The first-order valence-corrected chi connectivity index (χ1v) is 7.60. The number of aryl methyl sites for hydroxylation is 2. The van der Waals surface area contributed by atoms with Crippen molar-refractivity contribution in [1.82, 2.24) is 4.98 Å². The van der Waals surface area contributed by atoms with E-state index in [-0.39, 0.29) is 0 Å². The number of hydrogen-bond acceptors (Lipinski definition) is 5. The molecule has 0 saturated heterocycles. The van der Waals surface area contributed by atoms with E-state index in [9.17, 15) is 9.59 Å². The second kappa shape index (κ2) is 7.04. The van der Waals surface area contributed by atoms with Crippen LogP contribution in [0.4, 0.5) is 10.8 Å². The van der Waals surface area contributed by atoms with E-state index in [1.165, 1.54) is 11.3 Å². The van der Waals surface area contributed by atoms with E-state index in [4.69, 9.17) is 4.74 Å². The number of rotatable bonds is 4. The lowest BCUT2D eigenvalue weighted by Crippen LogP contribution is -2.29. The molecular weight excluding hydrogens is 302 g/mol. The maximum atomic E-state index is 11.8. The maximum Gasteiger partial charge on any atom is 0.315 e. The molecule has 0 fully saturated rings. The third-order valence-electron chi connectivity index (χ3n) is 2.88. The fraction of sp³-hybridized carbons (Fsp3) is 0.267. The van der Waals surface area contributed by atoms with E-state index in [0.29, 0.717) is 23.2 Å². The minimum atomic E-state index is -0.748. The zero-order valence-corrected chi connectivity index (χ0v) is 13.4. The standard InChI is InChI=1S/C15H17N3O3S/c1-4-21-12-7-5-11(6-8-12)17-13(19)14(20)18-15-16-9(2)10(3)22-15/h5-8H,4H2,1-3H3,(H,17,19)(H,16,18,20). The summed E-state index contributed by atoms with van der Waals surface area (Å²) in [6.45, 7) is 6.22. The number of ether oxygens (including phenoxy) is 1. The second-order valence-electron chi connectivity index (χ2n) is 4.53. The monoisotopic (exact) mass is 319 g/mol. The maximum absolute atomic E-state index is 11.8. The third kappa shape index (κ3) is 4.05. The molecule has 1 heterocycles. The molecule has 7 heteroatoms. The van der Waals surface area contributed by atoms with Crippen LogP contribution < -0.4 is 15.4 Å². The van der Waals surface area contributed by atoms with E-state index in [1.54, 1.807) is 24.3 Å². The van der Waals surface area contributed by atoms with Gasteiger partial charge in [-0.15, -0.1) is 11.3 Å². The minimum Gasteiger partial charge on any atom is -0.494 e. The summed E-state index contributed by atoms with van der Waals surface area (Å²) in [6, 6.07) is 6.80. The van der Waals surface area contributed by atoms with Gasteiger partial charge in [-0.3, -0.25) is 14.9 Å². The number of carbonyl (C=O) groups is 2. The highest BCUT2D eigenvalue weighted by Gasteiger charge is 2.16. The van der Waals surface area contributed by atoms with Crippen LogP contribution in [0.2, 0.25) is 0 Å². The van der Waals surface area contributed by atoms with Crippen molar-refractivity contribution in [3.63, 3.8) is 0 Å². The van der Waals surface area contributed by atoms with Crippen molar-refractivity contribution >= 4 is 34.0 Å². The summed E-state index contributed by atoms with van der Waals surface area (Å²) in [6.07, 6.45) is 0. The summed E-state index contributed by atoms with van der Waals surface area (Å²) < 4.78 is 5.31. The van der Waals surface area contributed by atoms with Gasteiger partial charge in [0.05, 0.1) is 12.3 Å². The summed E-state index contributed by atoms with van der Waals surface area (Å²) in [5.74, 6) is -0.781. The van der Waals surface area contributed by atoms with Gasteiger partial charge in [0.25, 0.3) is 0 Å². The van der Waals surface area contributed by atoms with Crippen molar-refractivity contribution in [3.05, 3.63) is 34.8 Å². The molecule has 0 aliphatic heterocycles. The molecule has 2 amide bonds. The molecule has 6 nitrogen and oxygen atoms in total. The molecule has 0 unspecified atom stereocenters. The number of thiazole rings is 1. The first kappa shape index (κ1) is 16.0. The van der Waals surface area contributed by atoms with E-state index in [1.807, 2.05) is 20.8 Å². The molecule has 0 aliphatic carbocycles. The van der Waals surface area contributed by atoms with Crippen molar-refractivity contribution in [1.29, 1.82) is 0 Å². The molecule has 116 valence electrons. The Morgan fingerprint density at radius 3 is 2.32 bits per heavy atom. The Morgan fingerprint density at radius 2 is 1.77 bits per heavy atom. The number of aromatic nitrogens is 1. The van der Waals surface area contributed by atoms with Crippen molar-refractivity contribution in [2.24, 2.45) is 0 Å². The third-order valence-corrected chi connectivity index (χ3v) is 3.87. The van der Waals surface area contributed by atoms with Crippen molar-refractivity contribution in [2.45, 2.75) is 20.8 Å². The van der Waals surface area contributed by atoms with Crippen LogP contribution in [-0.2, 0) is 9.59 Å². The molecule has 22 heavy (non-hydrogen) atoms. The molecule has 0 atom stereocenters. The summed E-state index contributed by atoms with van der Waals surface area (Å²) in [5.41, 5.74) is 1.36. The largest absolute Gasteiger partial charge is 0.494 e. The zero-order chi connectivity index (χ0) is 16.1. The van der Waals surface area contributed by atoms with Crippen LogP contribution >= 0.6 is 11.3 Å². The average Bonchev–Trinajstić information content (AvgIpc) is 2.79. The smallest absolute Gasteiger partial charge is 0.315 e. The Hall–Kier alpha value is -2.41. The van der Waals surface area contributed by atoms with Crippen LogP contribution in [0.3, 0.4) is 0 Å². The van der Waals surface area contributed by atoms with E-state index < -0.39 is 11.8 Å². The van der Waals surface area contributed by atoms with Crippen LogP contribution in [0, 0.1) is 13.8 Å². The normalized spacial score (nSPS) is 10.1. The van der Waals surface area contributed by atoms with Crippen LogP contribution in [0.25, 0.3) is 0 Å². The quantitative estimate of drug-likeness (QED) is 0.849. The molecule has 2 N–H and O–H groups in total. The van der Waals surface area contributed by atoms with Crippen LogP contribution in [0.1, 0.15) is 17.5 Å². The fourth-order valence-electron chi connectivity index (χ4n) is 1.67. The molecule has 1 aromatic heterocycles. The summed E-state index contributed by atoms with van der Waals surface area (Å²) in [4.78, 5) is 28.8. The molecular formula is C15H17N3O3S. The fourth-order valence-corrected chi connectivity index (χ4v) is 2.48. The summed E-state index contributed by atoms with van der Waals surface area (Å²) in [7, 11) is 0. The van der Waals surface area contributed by atoms with Gasteiger partial charge in [-0.05, 0) is 45.0 Å². The highest BCUT2D eigenvalue weighted by molar-refractivity contribution is 7.15. The minimum absolute atomic E-state index is 0.418. The van der Waals surface area contributed by atoms with Crippen molar-refractivity contribution < 1.29 is 14.3 Å². The van der Waals surface area contributed by atoms with Gasteiger partial charge in [-0.1, -0.05) is 0 Å². The number of amides is 2. The number of carbonyl (C=O) groups excluding carboxylic acids is 2. The van der Waals surface area contributed by atoms with Crippen LogP contribution in [0.5, 0.6) is 5.75 Å². The molecule has 0 aliphatic rings. The van der Waals surface area contributed by atoms with Gasteiger partial charge in [-0.2, -0.15) is 0 Å². The van der Waals surface area contributed by atoms with Gasteiger partial charge in [0, 0.05) is 10.6 Å². The Kier molecular flexibility index (Phi) is 5.11. The SMILES string of the molecule is CCOc1ccc(NC(=O)C(=O)Nc2nc(C)c(C)s2)cc1. The van der Waals surface area contributed by atoms with Crippen molar-refractivity contribution in [3.8, 4) is 5.75 Å². The van der Waals surface area contributed by atoms with Crippen molar-refractivity contribution in [2.75, 3.05) is 17.2 Å². The van der Waals surface area contributed by atoms with E-state index in [2.05, 4.69) is 15.6 Å². The lowest BCUT2D eigenvalue weighted by atomic mass is 10.3. The van der Waals surface area contributed by atoms with E-state index >= 15 is 0 Å². The van der Waals surface area contributed by atoms with Crippen LogP contribution in [-0.4, -0.2) is 23.4 Å². The second-order valence-corrected chi connectivity index (χ2v) is 5.73. The number of hydrogen-bond donors (Lipinski definition) is 2. The number of benzene rings is 1. The van der Waals surface area contributed by atoms with Gasteiger partial charge < -0.3 is 10.1 Å². The van der Waals surface area contributed by atoms with Gasteiger partial charge in [0.2, 0.25) is 0 Å². The lowest BCUT2D eigenvalue weighted by Gasteiger charge is -2.06. The van der Waals surface area contributed by atoms with E-state index in [0.717, 1.165) is 10.6 Å². The number of nitrogens with zero attached hydrogens (tertiary/aromatic N) is 1. The molecule has 2 rings (SSSR count). The molecule has 0 bridgehead atoms. The Balaban J connectivity index is 1.94. The summed E-state index contributed by atoms with van der Waals surface area (Å²) in [5, 5.41) is 5.43. The predicted molar refractivity (Wildman–Crippen MR) is 86.5 cm³/mol. The van der Waals surface area contributed by atoms with Crippen LogP contribution in [0.15, 0.2) is 24.3 Å². The molecule has 2 aromatic rings. The highest BCUT2D eigenvalue weighted by atomic mass is 32.1. The Morgan fingerprint density at radius 1 is 1.14 bits per heavy atom. The van der Waals surface area contributed by atoms with Gasteiger partial charge >= 0.3 is 11.8 Å². The summed E-state index contributed by atoms with van der Waals surface area (Å²) >= 11 is 1.33. The lowest BCUT2D eigenvalue weighted by molar-refractivity contribution is -0.132. The average molecular weight is 319 g/mol.